The fourth-order valence-electron chi connectivity index (χ4n) is 5.32. The van der Waals surface area contributed by atoms with Crippen LogP contribution in [-0.4, -0.2) is 28.9 Å². The zero-order valence-corrected chi connectivity index (χ0v) is 24.5. The monoisotopic (exact) mass is 574 g/mol. The van der Waals surface area contributed by atoms with Crippen LogP contribution in [0.2, 0.25) is 0 Å². The van der Waals surface area contributed by atoms with E-state index in [0.717, 1.165) is 61.4 Å². The number of rotatable bonds is 19. The lowest BCUT2D eigenvalue weighted by Gasteiger charge is -2.25. The number of Topliss-reactive ketones (excluding diaryl/α,β-unsaturated/α-hetero) is 1. The number of esters is 1. The molecular weight excluding hydrogens is 530 g/mol. The van der Waals surface area contributed by atoms with Crippen molar-refractivity contribution in [1.82, 2.24) is 0 Å². The van der Waals surface area contributed by atoms with Gasteiger partial charge in [-0.15, -0.1) is 0 Å². The normalized spacial score (nSPS) is 19.2. The van der Waals surface area contributed by atoms with Gasteiger partial charge in [0.05, 0.1) is 12.7 Å². The van der Waals surface area contributed by atoms with Crippen LogP contribution in [0.5, 0.6) is 0 Å². The Kier molecular flexibility index (Phi) is 14.1. The molecule has 0 saturated heterocycles. The Hall–Kier alpha value is -2.25. The zero-order chi connectivity index (χ0) is 28.6. The first kappa shape index (κ1) is 32.3. The molecule has 1 fully saturated rings. The van der Waals surface area contributed by atoms with Gasteiger partial charge in [-0.25, -0.2) is 0 Å². The minimum atomic E-state index is -2.73. The minimum Gasteiger partial charge on any atom is -0.461 e. The molecule has 4 nitrogen and oxygen atoms in total. The zero-order valence-electron chi connectivity index (χ0n) is 23.7. The molecule has 3 rings (SSSR count). The second-order valence-electron chi connectivity index (χ2n) is 10.8. The number of hydrogen-bond donors (Lipinski definition) is 0. The van der Waals surface area contributed by atoms with Crippen molar-refractivity contribution in [3.8, 4) is 0 Å². The summed E-state index contributed by atoms with van der Waals surface area (Å²) in [5.74, 6) is 0.124. The number of carbonyl (C=O) groups excluding carboxylic acids is 2. The van der Waals surface area contributed by atoms with Gasteiger partial charge >= 0.3 is 5.97 Å². The number of ketones is 1. The lowest BCUT2D eigenvalue weighted by atomic mass is 9.87. The summed E-state index contributed by atoms with van der Waals surface area (Å²) < 4.78 is 40.1. The van der Waals surface area contributed by atoms with E-state index >= 15 is 0 Å². The highest BCUT2D eigenvalue weighted by Crippen LogP contribution is 2.41. The molecule has 0 unspecified atom stereocenters. The standard InChI is InChI=1S/C33H44F2O4S/c1-2-3-21-33(34,35)40-22-20-29-28(30(36)23-31(29)38-24-26-14-8-6-9-15-26)18-12-4-5-13-19-32(37)39-25-27-16-10-7-11-17-27/h6-11,14-17,28-29,31H,2-5,12-13,18-25H2,1H3/t28-,29-,31-/m1/s1. The predicted octanol–water partition coefficient (Wildman–Crippen LogP) is 8.77. The highest BCUT2D eigenvalue weighted by molar-refractivity contribution is 8.00. The highest BCUT2D eigenvalue weighted by atomic mass is 32.2. The topological polar surface area (TPSA) is 52.6 Å². The average molecular weight is 575 g/mol. The Morgan fingerprint density at radius 1 is 0.900 bits per heavy atom. The first-order chi connectivity index (χ1) is 19.4. The Bertz CT molecular complexity index is 1000. The Morgan fingerprint density at radius 3 is 2.23 bits per heavy atom. The summed E-state index contributed by atoms with van der Waals surface area (Å²) in [5, 5.41) is -2.73. The number of unbranched alkanes of at least 4 members (excludes halogenated alkanes) is 4. The Labute approximate surface area is 242 Å². The van der Waals surface area contributed by atoms with Crippen LogP contribution in [0.3, 0.4) is 0 Å². The summed E-state index contributed by atoms with van der Waals surface area (Å²) in [6, 6.07) is 19.5. The molecule has 0 aliphatic heterocycles. The van der Waals surface area contributed by atoms with Crippen LogP contribution in [0.4, 0.5) is 8.78 Å². The molecule has 3 atom stereocenters. The third-order valence-electron chi connectivity index (χ3n) is 7.59. The molecule has 0 amide bonds. The van der Waals surface area contributed by atoms with E-state index in [1.54, 1.807) is 0 Å². The van der Waals surface area contributed by atoms with Gasteiger partial charge in [-0.05, 0) is 48.5 Å². The van der Waals surface area contributed by atoms with E-state index in [-0.39, 0.29) is 36.1 Å². The number of benzene rings is 2. The Balaban J connectivity index is 1.43. The number of halogens is 2. The van der Waals surface area contributed by atoms with Gasteiger partial charge in [0, 0.05) is 25.2 Å². The summed E-state index contributed by atoms with van der Waals surface area (Å²) in [6.45, 7) is 2.63. The van der Waals surface area contributed by atoms with Crippen molar-refractivity contribution in [3.63, 3.8) is 0 Å². The maximum absolute atomic E-state index is 14.3. The van der Waals surface area contributed by atoms with Crippen LogP contribution in [0.1, 0.15) is 88.7 Å². The molecule has 0 radical (unpaired) electrons. The van der Waals surface area contributed by atoms with Crippen molar-refractivity contribution in [2.24, 2.45) is 11.8 Å². The van der Waals surface area contributed by atoms with Crippen molar-refractivity contribution >= 4 is 23.5 Å². The van der Waals surface area contributed by atoms with Crippen molar-refractivity contribution in [2.45, 2.75) is 102 Å². The molecule has 2 aromatic carbocycles. The van der Waals surface area contributed by atoms with Gasteiger partial charge in [0.25, 0.3) is 5.25 Å². The van der Waals surface area contributed by atoms with E-state index in [4.69, 9.17) is 9.47 Å². The molecule has 1 saturated carbocycles. The van der Waals surface area contributed by atoms with E-state index in [1.165, 1.54) is 0 Å². The molecule has 0 heterocycles. The fourth-order valence-corrected chi connectivity index (χ4v) is 6.29. The van der Waals surface area contributed by atoms with Crippen LogP contribution in [0.15, 0.2) is 60.7 Å². The third kappa shape index (κ3) is 11.7. The van der Waals surface area contributed by atoms with E-state index in [1.807, 2.05) is 67.6 Å². The van der Waals surface area contributed by atoms with Crippen molar-refractivity contribution in [2.75, 3.05) is 5.75 Å². The van der Waals surface area contributed by atoms with Gasteiger partial charge in [0.2, 0.25) is 0 Å². The van der Waals surface area contributed by atoms with E-state index in [0.29, 0.717) is 44.6 Å². The SMILES string of the molecule is CCCCC(F)(F)SCC[C@H]1[C@H](OCc2ccccc2)CC(=O)[C@@H]1CCCCCCC(=O)OCc1ccccc1. The number of hydrogen-bond acceptors (Lipinski definition) is 5. The molecule has 40 heavy (non-hydrogen) atoms. The molecule has 0 N–H and O–H groups in total. The lowest BCUT2D eigenvalue weighted by molar-refractivity contribution is -0.145. The van der Waals surface area contributed by atoms with E-state index in [2.05, 4.69) is 0 Å². The summed E-state index contributed by atoms with van der Waals surface area (Å²) in [7, 11) is 0. The van der Waals surface area contributed by atoms with Gasteiger partial charge < -0.3 is 9.47 Å². The van der Waals surface area contributed by atoms with Crippen molar-refractivity contribution < 1.29 is 27.8 Å². The average Bonchev–Trinajstić information content (AvgIpc) is 3.26. The molecule has 1 aliphatic carbocycles. The van der Waals surface area contributed by atoms with Crippen molar-refractivity contribution in [1.29, 1.82) is 0 Å². The molecule has 1 aliphatic rings. The third-order valence-corrected chi connectivity index (χ3v) is 8.66. The largest absolute Gasteiger partial charge is 0.461 e. The van der Waals surface area contributed by atoms with Crippen LogP contribution in [-0.2, 0) is 32.3 Å². The fraction of sp³-hybridized carbons (Fsp3) is 0.576. The highest BCUT2D eigenvalue weighted by Gasteiger charge is 2.42. The van der Waals surface area contributed by atoms with Crippen LogP contribution in [0, 0.1) is 11.8 Å². The van der Waals surface area contributed by atoms with Gasteiger partial charge in [0.15, 0.2) is 0 Å². The van der Waals surface area contributed by atoms with Crippen LogP contribution >= 0.6 is 11.8 Å². The van der Waals surface area contributed by atoms with Crippen molar-refractivity contribution in [3.05, 3.63) is 71.8 Å². The quantitative estimate of drug-likeness (QED) is 0.124. The summed E-state index contributed by atoms with van der Waals surface area (Å²) >= 11 is 0.721. The number of alkyl halides is 2. The number of thioether (sulfide) groups is 1. The van der Waals surface area contributed by atoms with Gasteiger partial charge in [-0.1, -0.05) is 105 Å². The second kappa shape index (κ2) is 17.5. The van der Waals surface area contributed by atoms with E-state index in [9.17, 15) is 18.4 Å². The first-order valence-electron chi connectivity index (χ1n) is 14.8. The molecular formula is C33H44F2O4S. The molecule has 7 heteroatoms. The summed E-state index contributed by atoms with van der Waals surface area (Å²) in [6.07, 6.45) is 6.39. The number of carbonyl (C=O) groups is 2. The van der Waals surface area contributed by atoms with Gasteiger partial charge in [-0.3, -0.25) is 9.59 Å². The molecule has 220 valence electrons. The molecule has 0 bridgehead atoms. The minimum absolute atomic E-state index is 0.0429. The smallest absolute Gasteiger partial charge is 0.306 e. The number of ether oxygens (including phenoxy) is 2. The van der Waals surface area contributed by atoms with Gasteiger partial charge in [-0.2, -0.15) is 8.78 Å². The summed E-state index contributed by atoms with van der Waals surface area (Å²) in [5.41, 5.74) is 2.01. The second-order valence-corrected chi connectivity index (χ2v) is 12.0. The summed E-state index contributed by atoms with van der Waals surface area (Å²) in [4.78, 5) is 25.0. The van der Waals surface area contributed by atoms with Crippen LogP contribution in [0.25, 0.3) is 0 Å². The van der Waals surface area contributed by atoms with Crippen LogP contribution < -0.4 is 0 Å². The maximum Gasteiger partial charge on any atom is 0.306 e. The molecule has 0 aromatic heterocycles. The Morgan fingerprint density at radius 2 is 1.55 bits per heavy atom. The predicted molar refractivity (Wildman–Crippen MR) is 157 cm³/mol. The maximum atomic E-state index is 14.3. The lowest BCUT2D eigenvalue weighted by Crippen LogP contribution is -2.25. The first-order valence-corrected chi connectivity index (χ1v) is 15.8. The molecule has 0 spiro atoms. The van der Waals surface area contributed by atoms with Gasteiger partial charge in [0.1, 0.15) is 12.4 Å². The van der Waals surface area contributed by atoms with E-state index < -0.39 is 5.25 Å². The molecule has 2 aromatic rings.